The molecule has 0 aliphatic carbocycles. The van der Waals surface area contributed by atoms with Crippen molar-refractivity contribution in [2.24, 2.45) is 5.10 Å². The van der Waals surface area contributed by atoms with Gasteiger partial charge in [-0.05, 0) is 71.8 Å². The van der Waals surface area contributed by atoms with Crippen LogP contribution in [-0.2, 0) is 4.79 Å². The van der Waals surface area contributed by atoms with E-state index in [0.29, 0.717) is 44.0 Å². The van der Waals surface area contributed by atoms with Crippen molar-refractivity contribution in [2.45, 2.75) is 40.0 Å². The molecule has 0 fully saturated rings. The zero-order valence-electron chi connectivity index (χ0n) is 18.2. The molecular weight excluding hydrogens is 589 g/mol. The number of benzene rings is 2. The number of ether oxygens (including phenoxy) is 2. The lowest BCUT2D eigenvalue weighted by Crippen LogP contribution is -2.23. The van der Waals surface area contributed by atoms with Gasteiger partial charge in [0.25, 0.3) is 5.56 Å². The normalized spacial score (nSPS) is 12.3. The third-order valence-electron chi connectivity index (χ3n) is 4.79. The summed E-state index contributed by atoms with van der Waals surface area (Å²) in [4.78, 5) is 29.4. The third-order valence-corrected chi connectivity index (χ3v) is 6.08. The summed E-state index contributed by atoms with van der Waals surface area (Å²) in [6.45, 7) is 7.66. The Morgan fingerprint density at radius 1 is 1.31 bits per heavy atom. The van der Waals surface area contributed by atoms with Gasteiger partial charge in [0, 0.05) is 17.3 Å². The lowest BCUT2D eigenvalue weighted by molar-refractivity contribution is -0.132. The zero-order chi connectivity index (χ0) is 23.4. The van der Waals surface area contributed by atoms with Crippen molar-refractivity contribution >= 4 is 61.6 Å². The fourth-order valence-electron chi connectivity index (χ4n) is 3.07. The topological polar surface area (TPSA) is 82.8 Å². The standard InChI is InChI=1S/C23H23BrIN3O4/c1-5-13(3)22-27-19-8-7-16(24)11-17(19)23(30)28(22)26-12-15-9-18(25)21(32-14(4)29)20(10-15)31-6-2/h7-13H,5-6H2,1-4H3/t13-/m1/s1. The molecule has 0 spiro atoms. The second-order valence-corrected chi connectivity index (χ2v) is 9.24. The summed E-state index contributed by atoms with van der Waals surface area (Å²) in [7, 11) is 0. The molecule has 0 bridgehead atoms. The number of carbonyl (C=O) groups excluding carboxylic acids is 1. The minimum atomic E-state index is -0.427. The molecule has 168 valence electrons. The smallest absolute Gasteiger partial charge is 0.308 e. The van der Waals surface area contributed by atoms with Gasteiger partial charge in [0.15, 0.2) is 11.5 Å². The van der Waals surface area contributed by atoms with Crippen molar-refractivity contribution in [3.8, 4) is 11.5 Å². The lowest BCUT2D eigenvalue weighted by atomic mass is 10.1. The van der Waals surface area contributed by atoms with E-state index >= 15 is 0 Å². The highest BCUT2D eigenvalue weighted by atomic mass is 127. The summed E-state index contributed by atoms with van der Waals surface area (Å²) in [5.74, 6) is 1.01. The highest BCUT2D eigenvalue weighted by molar-refractivity contribution is 14.1. The first kappa shape index (κ1) is 24.4. The molecule has 0 N–H and O–H groups in total. The monoisotopic (exact) mass is 611 g/mol. The van der Waals surface area contributed by atoms with Crippen molar-refractivity contribution in [3.63, 3.8) is 0 Å². The Labute approximate surface area is 208 Å². The first-order valence-corrected chi connectivity index (χ1v) is 12.0. The molecule has 0 aliphatic heterocycles. The fourth-order valence-corrected chi connectivity index (χ4v) is 4.17. The van der Waals surface area contributed by atoms with Crippen LogP contribution >= 0.6 is 38.5 Å². The van der Waals surface area contributed by atoms with E-state index in [1.807, 2.05) is 39.0 Å². The molecule has 0 aliphatic rings. The van der Waals surface area contributed by atoms with Crippen LogP contribution in [0.4, 0.5) is 0 Å². The second kappa shape index (κ2) is 10.6. The number of fused-ring (bicyclic) bond motifs is 1. The number of halogens is 2. The molecular formula is C23H23BrIN3O4. The van der Waals surface area contributed by atoms with Gasteiger partial charge in [-0.1, -0.05) is 29.8 Å². The highest BCUT2D eigenvalue weighted by Crippen LogP contribution is 2.34. The van der Waals surface area contributed by atoms with Crippen LogP contribution in [0.15, 0.2) is 44.7 Å². The molecule has 1 aromatic heterocycles. The summed E-state index contributed by atoms with van der Waals surface area (Å²) in [5.41, 5.74) is 1.10. The van der Waals surface area contributed by atoms with Crippen molar-refractivity contribution < 1.29 is 14.3 Å². The SMILES string of the molecule is CCOc1cc(C=Nn2c([C@H](C)CC)nc3ccc(Br)cc3c2=O)cc(I)c1OC(C)=O. The van der Waals surface area contributed by atoms with Crippen molar-refractivity contribution in [3.05, 3.63) is 60.1 Å². The molecule has 9 heteroatoms. The summed E-state index contributed by atoms with van der Waals surface area (Å²) >= 11 is 5.50. The van der Waals surface area contributed by atoms with Gasteiger partial charge in [0.2, 0.25) is 0 Å². The number of hydrogen-bond acceptors (Lipinski definition) is 6. The molecule has 3 aromatic rings. The summed E-state index contributed by atoms with van der Waals surface area (Å²) in [6, 6.07) is 8.98. The molecule has 7 nitrogen and oxygen atoms in total. The van der Waals surface area contributed by atoms with Crippen LogP contribution in [0.1, 0.15) is 51.4 Å². The number of nitrogens with zero attached hydrogens (tertiary/aromatic N) is 3. The first-order chi connectivity index (χ1) is 15.2. The van der Waals surface area contributed by atoms with Gasteiger partial charge in [-0.25, -0.2) is 4.98 Å². The van der Waals surface area contributed by atoms with Crippen LogP contribution in [0.2, 0.25) is 0 Å². The largest absolute Gasteiger partial charge is 0.490 e. The average molecular weight is 612 g/mol. The maximum Gasteiger partial charge on any atom is 0.308 e. The Hall–Kier alpha value is -2.27. The molecule has 1 heterocycles. The molecule has 0 saturated heterocycles. The second-order valence-electron chi connectivity index (χ2n) is 7.16. The first-order valence-electron chi connectivity index (χ1n) is 10.2. The average Bonchev–Trinajstić information content (AvgIpc) is 2.75. The predicted molar refractivity (Wildman–Crippen MR) is 137 cm³/mol. The van der Waals surface area contributed by atoms with E-state index in [0.717, 1.165) is 10.9 Å². The van der Waals surface area contributed by atoms with E-state index in [-0.39, 0.29) is 11.5 Å². The zero-order valence-corrected chi connectivity index (χ0v) is 21.9. The molecule has 0 unspecified atom stereocenters. The number of hydrogen-bond donors (Lipinski definition) is 0. The number of carbonyl (C=O) groups is 1. The molecule has 0 saturated carbocycles. The number of esters is 1. The van der Waals surface area contributed by atoms with Gasteiger partial charge in [-0.15, -0.1) is 0 Å². The summed E-state index contributed by atoms with van der Waals surface area (Å²) < 4.78 is 13.8. The number of rotatable bonds is 7. The molecule has 0 amide bonds. The Morgan fingerprint density at radius 2 is 2.06 bits per heavy atom. The number of aromatic nitrogens is 2. The minimum absolute atomic E-state index is 0.0401. The van der Waals surface area contributed by atoms with Gasteiger partial charge in [0.1, 0.15) is 5.82 Å². The quantitative estimate of drug-likeness (QED) is 0.153. The van der Waals surface area contributed by atoms with E-state index in [1.165, 1.54) is 11.6 Å². The van der Waals surface area contributed by atoms with Crippen LogP contribution in [0.3, 0.4) is 0 Å². The Bertz CT molecular complexity index is 1260. The van der Waals surface area contributed by atoms with Crippen molar-refractivity contribution in [1.29, 1.82) is 0 Å². The Balaban J connectivity index is 2.14. The van der Waals surface area contributed by atoms with Crippen LogP contribution < -0.4 is 15.0 Å². The van der Waals surface area contributed by atoms with E-state index in [2.05, 4.69) is 43.6 Å². The predicted octanol–water partition coefficient (Wildman–Crippen LogP) is 5.48. The minimum Gasteiger partial charge on any atom is -0.490 e. The maximum absolute atomic E-state index is 13.3. The van der Waals surface area contributed by atoms with Crippen molar-refractivity contribution in [1.82, 2.24) is 9.66 Å². The van der Waals surface area contributed by atoms with Crippen LogP contribution in [0, 0.1) is 3.57 Å². The third kappa shape index (κ3) is 5.37. The van der Waals surface area contributed by atoms with Gasteiger partial charge < -0.3 is 9.47 Å². The highest BCUT2D eigenvalue weighted by Gasteiger charge is 2.17. The van der Waals surface area contributed by atoms with Gasteiger partial charge in [-0.3, -0.25) is 9.59 Å². The molecule has 32 heavy (non-hydrogen) atoms. The molecule has 1 atom stereocenters. The van der Waals surface area contributed by atoms with Crippen LogP contribution in [0.5, 0.6) is 11.5 Å². The van der Waals surface area contributed by atoms with Crippen LogP contribution in [-0.4, -0.2) is 28.5 Å². The summed E-state index contributed by atoms with van der Waals surface area (Å²) in [6.07, 6.45) is 2.40. The lowest BCUT2D eigenvalue weighted by Gasteiger charge is -2.14. The van der Waals surface area contributed by atoms with Crippen LogP contribution in [0.25, 0.3) is 10.9 Å². The van der Waals surface area contributed by atoms with Gasteiger partial charge >= 0.3 is 5.97 Å². The van der Waals surface area contributed by atoms with E-state index in [9.17, 15) is 9.59 Å². The van der Waals surface area contributed by atoms with Gasteiger partial charge in [0.05, 0.1) is 27.3 Å². The Kier molecular flexibility index (Phi) is 8.05. The Morgan fingerprint density at radius 3 is 2.72 bits per heavy atom. The molecule has 0 radical (unpaired) electrons. The molecule has 3 rings (SSSR count). The fraction of sp³-hybridized carbons (Fsp3) is 0.304. The van der Waals surface area contributed by atoms with Crippen molar-refractivity contribution in [2.75, 3.05) is 6.61 Å². The van der Waals surface area contributed by atoms with E-state index in [1.54, 1.807) is 18.3 Å². The summed E-state index contributed by atoms with van der Waals surface area (Å²) in [5, 5.41) is 4.98. The molecule has 2 aromatic carbocycles. The van der Waals surface area contributed by atoms with E-state index < -0.39 is 5.97 Å². The van der Waals surface area contributed by atoms with E-state index in [4.69, 9.17) is 14.5 Å². The van der Waals surface area contributed by atoms with Gasteiger partial charge in [-0.2, -0.15) is 9.78 Å². The maximum atomic E-state index is 13.3.